The van der Waals surface area contributed by atoms with Crippen LogP contribution in [0.3, 0.4) is 0 Å². The number of ether oxygens (including phenoxy) is 1. The molecular formula is C11H15NO4S. The summed E-state index contributed by atoms with van der Waals surface area (Å²) in [5.74, 6) is -0.106. The molecule has 6 heteroatoms. The van der Waals surface area contributed by atoms with Crippen LogP contribution in [0.25, 0.3) is 0 Å². The quantitative estimate of drug-likeness (QED) is 0.798. The molecule has 0 aromatic heterocycles. The summed E-state index contributed by atoms with van der Waals surface area (Å²) in [5.41, 5.74) is 0.723. The Bertz CT molecular complexity index is 440. The molecular weight excluding hydrogens is 242 g/mol. The summed E-state index contributed by atoms with van der Waals surface area (Å²) in [6, 6.07) is 8.98. The minimum atomic E-state index is -3.56. The molecule has 0 N–H and O–H groups in total. The Labute approximate surface area is 101 Å². The molecule has 0 spiro atoms. The van der Waals surface area contributed by atoms with Gasteiger partial charge in [-0.15, -0.1) is 0 Å². The van der Waals surface area contributed by atoms with E-state index in [9.17, 15) is 8.42 Å². The SMILES string of the molecule is O=S(=O)(Cc1ccccc1)ON1CCOCC1. The van der Waals surface area contributed by atoms with Crippen LogP contribution < -0.4 is 0 Å². The first-order valence-electron chi connectivity index (χ1n) is 5.45. The van der Waals surface area contributed by atoms with Gasteiger partial charge in [0, 0.05) is 13.1 Å². The second-order valence-corrected chi connectivity index (χ2v) is 5.36. The number of hydroxylamine groups is 2. The van der Waals surface area contributed by atoms with Crippen molar-refractivity contribution in [3.63, 3.8) is 0 Å². The van der Waals surface area contributed by atoms with Crippen molar-refractivity contribution in [2.24, 2.45) is 0 Å². The van der Waals surface area contributed by atoms with Crippen molar-refractivity contribution in [1.29, 1.82) is 0 Å². The zero-order chi connectivity index (χ0) is 12.1. The van der Waals surface area contributed by atoms with Crippen molar-refractivity contribution >= 4 is 10.1 Å². The van der Waals surface area contributed by atoms with Crippen LogP contribution in [0.15, 0.2) is 30.3 Å². The predicted molar refractivity (Wildman–Crippen MR) is 62.5 cm³/mol. The maximum atomic E-state index is 11.8. The predicted octanol–water partition coefficient (Wildman–Crippen LogP) is 0.780. The van der Waals surface area contributed by atoms with Crippen LogP contribution in [0.5, 0.6) is 0 Å². The van der Waals surface area contributed by atoms with Gasteiger partial charge in [0.05, 0.1) is 13.2 Å². The highest BCUT2D eigenvalue weighted by Gasteiger charge is 2.20. The molecule has 1 saturated heterocycles. The van der Waals surface area contributed by atoms with Crippen molar-refractivity contribution in [3.8, 4) is 0 Å². The van der Waals surface area contributed by atoms with Gasteiger partial charge in [-0.3, -0.25) is 0 Å². The Hall–Kier alpha value is -0.950. The van der Waals surface area contributed by atoms with E-state index in [1.807, 2.05) is 6.07 Å². The van der Waals surface area contributed by atoms with E-state index in [-0.39, 0.29) is 5.75 Å². The van der Waals surface area contributed by atoms with Crippen LogP contribution in [0.1, 0.15) is 5.56 Å². The van der Waals surface area contributed by atoms with Crippen LogP contribution in [-0.4, -0.2) is 39.8 Å². The highest BCUT2D eigenvalue weighted by atomic mass is 32.2. The van der Waals surface area contributed by atoms with Gasteiger partial charge in [0.15, 0.2) is 0 Å². The van der Waals surface area contributed by atoms with Gasteiger partial charge in [0.25, 0.3) is 10.1 Å². The Morgan fingerprint density at radius 3 is 2.47 bits per heavy atom. The summed E-state index contributed by atoms with van der Waals surface area (Å²) >= 11 is 0. The van der Waals surface area contributed by atoms with Crippen LogP contribution in [0, 0.1) is 0 Å². The van der Waals surface area contributed by atoms with E-state index in [4.69, 9.17) is 9.02 Å². The first-order chi connectivity index (χ1) is 8.16. The summed E-state index contributed by atoms with van der Waals surface area (Å²) in [5, 5.41) is 1.43. The Morgan fingerprint density at radius 1 is 1.18 bits per heavy atom. The van der Waals surface area contributed by atoms with Crippen molar-refractivity contribution in [2.75, 3.05) is 26.3 Å². The molecule has 5 nitrogen and oxygen atoms in total. The minimum absolute atomic E-state index is 0.106. The molecule has 1 aromatic rings. The van der Waals surface area contributed by atoms with E-state index in [0.717, 1.165) is 5.56 Å². The van der Waals surface area contributed by atoms with Crippen molar-refractivity contribution in [1.82, 2.24) is 5.06 Å². The number of morpholine rings is 1. The van der Waals surface area contributed by atoms with Crippen molar-refractivity contribution < 1.29 is 17.4 Å². The monoisotopic (exact) mass is 257 g/mol. The zero-order valence-electron chi connectivity index (χ0n) is 9.41. The molecule has 2 rings (SSSR count). The normalized spacial score (nSPS) is 18.1. The highest BCUT2D eigenvalue weighted by molar-refractivity contribution is 7.85. The average molecular weight is 257 g/mol. The van der Waals surface area contributed by atoms with E-state index >= 15 is 0 Å². The van der Waals surface area contributed by atoms with E-state index in [2.05, 4.69) is 0 Å². The molecule has 0 saturated carbocycles. The third kappa shape index (κ3) is 4.08. The minimum Gasteiger partial charge on any atom is -0.379 e. The molecule has 0 amide bonds. The van der Waals surface area contributed by atoms with E-state index in [0.29, 0.717) is 26.3 Å². The van der Waals surface area contributed by atoms with Crippen LogP contribution in [-0.2, 0) is 24.9 Å². The summed E-state index contributed by atoms with van der Waals surface area (Å²) in [6.45, 7) is 1.96. The fourth-order valence-electron chi connectivity index (χ4n) is 1.59. The van der Waals surface area contributed by atoms with Gasteiger partial charge in [0.2, 0.25) is 0 Å². The summed E-state index contributed by atoms with van der Waals surface area (Å²) in [7, 11) is -3.56. The molecule has 0 aliphatic carbocycles. The lowest BCUT2D eigenvalue weighted by Crippen LogP contribution is -2.38. The Kier molecular flexibility index (Phi) is 4.11. The number of hydrogen-bond donors (Lipinski definition) is 0. The van der Waals surface area contributed by atoms with Crippen LogP contribution in [0.2, 0.25) is 0 Å². The molecule has 0 unspecified atom stereocenters. The van der Waals surface area contributed by atoms with Crippen LogP contribution in [0.4, 0.5) is 0 Å². The van der Waals surface area contributed by atoms with Gasteiger partial charge in [0.1, 0.15) is 5.75 Å². The summed E-state index contributed by atoms with van der Waals surface area (Å²) < 4.78 is 33.7. The van der Waals surface area contributed by atoms with Crippen molar-refractivity contribution in [3.05, 3.63) is 35.9 Å². The highest BCUT2D eigenvalue weighted by Crippen LogP contribution is 2.10. The zero-order valence-corrected chi connectivity index (χ0v) is 10.2. The van der Waals surface area contributed by atoms with E-state index in [1.54, 1.807) is 24.3 Å². The van der Waals surface area contributed by atoms with Crippen molar-refractivity contribution in [2.45, 2.75) is 5.75 Å². The first-order valence-corrected chi connectivity index (χ1v) is 7.02. The molecule has 17 heavy (non-hydrogen) atoms. The smallest absolute Gasteiger partial charge is 0.287 e. The van der Waals surface area contributed by atoms with E-state index in [1.165, 1.54) is 5.06 Å². The van der Waals surface area contributed by atoms with Crippen LogP contribution >= 0.6 is 0 Å². The third-order valence-electron chi connectivity index (χ3n) is 2.38. The molecule has 1 aliphatic rings. The van der Waals surface area contributed by atoms with Gasteiger partial charge < -0.3 is 4.74 Å². The lowest BCUT2D eigenvalue weighted by Gasteiger charge is -2.24. The molecule has 1 aromatic carbocycles. The third-order valence-corrected chi connectivity index (χ3v) is 3.50. The fourth-order valence-corrected chi connectivity index (χ4v) is 2.71. The topological polar surface area (TPSA) is 55.8 Å². The van der Waals surface area contributed by atoms with Gasteiger partial charge in [-0.1, -0.05) is 30.3 Å². The average Bonchev–Trinajstić information content (AvgIpc) is 2.30. The first kappa shape index (κ1) is 12.5. The van der Waals surface area contributed by atoms with Gasteiger partial charge in [-0.05, 0) is 5.56 Å². The maximum absolute atomic E-state index is 11.8. The number of rotatable bonds is 4. The Balaban J connectivity index is 1.94. The van der Waals surface area contributed by atoms with E-state index < -0.39 is 10.1 Å². The van der Waals surface area contributed by atoms with Gasteiger partial charge in [-0.2, -0.15) is 17.8 Å². The largest absolute Gasteiger partial charge is 0.379 e. The molecule has 94 valence electrons. The Morgan fingerprint density at radius 2 is 1.82 bits per heavy atom. The number of hydrogen-bond acceptors (Lipinski definition) is 5. The lowest BCUT2D eigenvalue weighted by atomic mass is 10.2. The van der Waals surface area contributed by atoms with Gasteiger partial charge >= 0.3 is 0 Å². The summed E-state index contributed by atoms with van der Waals surface area (Å²) in [4.78, 5) is 0. The van der Waals surface area contributed by atoms with Gasteiger partial charge in [-0.25, -0.2) is 0 Å². The summed E-state index contributed by atoms with van der Waals surface area (Å²) in [6.07, 6.45) is 0. The number of nitrogens with zero attached hydrogens (tertiary/aromatic N) is 1. The maximum Gasteiger partial charge on any atom is 0.287 e. The second-order valence-electron chi connectivity index (χ2n) is 3.80. The molecule has 1 heterocycles. The second kappa shape index (κ2) is 5.59. The number of benzene rings is 1. The molecule has 1 fully saturated rings. The molecule has 0 radical (unpaired) electrons. The lowest BCUT2D eigenvalue weighted by molar-refractivity contribution is -0.113. The molecule has 1 aliphatic heterocycles. The standard InChI is InChI=1S/C11H15NO4S/c13-17(14,10-11-4-2-1-3-5-11)16-12-6-8-15-9-7-12/h1-5H,6-10H2. The fraction of sp³-hybridized carbons (Fsp3) is 0.455. The molecule has 0 atom stereocenters. The molecule has 0 bridgehead atoms.